The first-order chi connectivity index (χ1) is 9.00. The standard InChI is InChI=1S/C11H16N4O3S/c12-15-10-5-9(1-3-13-10)11(16)14-6-8-2-4-19(17,18)7-8/h1,3,5,8H,2,4,6-7,12H2,(H,13,15)(H,14,16). The summed E-state index contributed by atoms with van der Waals surface area (Å²) < 4.78 is 22.6. The molecule has 1 amide bonds. The third-order valence-corrected chi connectivity index (χ3v) is 4.89. The average molecular weight is 284 g/mol. The highest BCUT2D eigenvalue weighted by Crippen LogP contribution is 2.17. The van der Waals surface area contributed by atoms with Crippen molar-refractivity contribution in [2.75, 3.05) is 23.5 Å². The normalized spacial score (nSPS) is 21.0. The zero-order valence-electron chi connectivity index (χ0n) is 10.3. The highest BCUT2D eigenvalue weighted by atomic mass is 32.2. The zero-order chi connectivity index (χ0) is 13.9. The van der Waals surface area contributed by atoms with E-state index in [0.29, 0.717) is 24.3 Å². The van der Waals surface area contributed by atoms with Crippen LogP contribution in [0.1, 0.15) is 16.8 Å². The number of aromatic nitrogens is 1. The predicted octanol–water partition coefficient (Wildman–Crippen LogP) is -0.468. The molecule has 1 atom stereocenters. The predicted molar refractivity (Wildman–Crippen MR) is 71.1 cm³/mol. The molecule has 0 aliphatic carbocycles. The molecule has 0 spiro atoms. The minimum atomic E-state index is -2.91. The maximum Gasteiger partial charge on any atom is 0.251 e. The summed E-state index contributed by atoms with van der Waals surface area (Å²) in [5.74, 6) is 5.72. The molecular weight excluding hydrogens is 268 g/mol. The van der Waals surface area contributed by atoms with Gasteiger partial charge in [-0.05, 0) is 24.5 Å². The number of rotatable bonds is 4. The van der Waals surface area contributed by atoms with Crippen LogP contribution in [0.25, 0.3) is 0 Å². The molecule has 1 fully saturated rings. The Labute approximate surface area is 111 Å². The molecule has 0 saturated carbocycles. The van der Waals surface area contributed by atoms with Gasteiger partial charge in [-0.15, -0.1) is 0 Å². The van der Waals surface area contributed by atoms with Crippen LogP contribution in [-0.4, -0.2) is 37.4 Å². The highest BCUT2D eigenvalue weighted by molar-refractivity contribution is 7.91. The first-order valence-corrected chi connectivity index (χ1v) is 7.73. The topological polar surface area (TPSA) is 114 Å². The summed E-state index contributed by atoms with van der Waals surface area (Å²) in [6.45, 7) is 0.367. The lowest BCUT2D eigenvalue weighted by Gasteiger charge is -2.10. The van der Waals surface area contributed by atoms with Gasteiger partial charge in [0.25, 0.3) is 5.91 Å². The lowest BCUT2D eigenvalue weighted by atomic mass is 10.1. The monoisotopic (exact) mass is 284 g/mol. The Morgan fingerprint density at radius 2 is 2.32 bits per heavy atom. The average Bonchev–Trinajstić information content (AvgIpc) is 2.75. The fourth-order valence-electron chi connectivity index (χ4n) is 2.02. The number of sulfone groups is 1. The number of nitrogens with one attached hydrogen (secondary N) is 2. The first-order valence-electron chi connectivity index (χ1n) is 5.91. The van der Waals surface area contributed by atoms with Gasteiger partial charge in [-0.3, -0.25) is 4.79 Å². The molecule has 8 heteroatoms. The molecular formula is C11H16N4O3S. The molecule has 2 heterocycles. The van der Waals surface area contributed by atoms with E-state index in [-0.39, 0.29) is 23.3 Å². The Morgan fingerprint density at radius 3 is 2.95 bits per heavy atom. The molecule has 1 aliphatic rings. The Bertz CT molecular complexity index is 573. The van der Waals surface area contributed by atoms with E-state index in [1.807, 2.05) is 0 Å². The third-order valence-electron chi connectivity index (χ3n) is 3.05. The van der Waals surface area contributed by atoms with Crippen LogP contribution in [0.5, 0.6) is 0 Å². The van der Waals surface area contributed by atoms with Gasteiger partial charge in [-0.25, -0.2) is 19.2 Å². The van der Waals surface area contributed by atoms with E-state index in [1.165, 1.54) is 12.3 Å². The number of hydrogen-bond donors (Lipinski definition) is 3. The summed E-state index contributed by atoms with van der Waals surface area (Å²) in [5, 5.41) is 2.73. The van der Waals surface area contributed by atoms with Crippen LogP contribution in [0.15, 0.2) is 18.3 Å². The van der Waals surface area contributed by atoms with Gasteiger partial charge in [0.05, 0.1) is 11.5 Å². The summed E-state index contributed by atoms with van der Waals surface area (Å²) in [5.41, 5.74) is 2.79. The van der Waals surface area contributed by atoms with Crippen LogP contribution >= 0.6 is 0 Å². The van der Waals surface area contributed by atoms with Gasteiger partial charge in [0.2, 0.25) is 0 Å². The summed E-state index contributed by atoms with van der Waals surface area (Å²) in [6, 6.07) is 3.10. The molecule has 0 bridgehead atoms. The van der Waals surface area contributed by atoms with Crippen molar-refractivity contribution in [3.63, 3.8) is 0 Å². The molecule has 7 nitrogen and oxygen atoms in total. The second-order valence-electron chi connectivity index (χ2n) is 4.55. The van der Waals surface area contributed by atoms with E-state index in [4.69, 9.17) is 5.84 Å². The van der Waals surface area contributed by atoms with E-state index in [0.717, 1.165) is 0 Å². The minimum absolute atomic E-state index is 0.00268. The third kappa shape index (κ3) is 3.65. The van der Waals surface area contributed by atoms with Crippen molar-refractivity contribution in [1.82, 2.24) is 10.3 Å². The largest absolute Gasteiger partial charge is 0.352 e. The summed E-state index contributed by atoms with van der Waals surface area (Å²) >= 11 is 0. The Morgan fingerprint density at radius 1 is 1.53 bits per heavy atom. The number of carbonyl (C=O) groups excluding carboxylic acids is 1. The molecule has 4 N–H and O–H groups in total. The van der Waals surface area contributed by atoms with Gasteiger partial charge in [0.15, 0.2) is 9.84 Å². The van der Waals surface area contributed by atoms with E-state index < -0.39 is 9.84 Å². The van der Waals surface area contributed by atoms with Crippen LogP contribution in [0, 0.1) is 5.92 Å². The van der Waals surface area contributed by atoms with E-state index in [2.05, 4.69) is 15.7 Å². The number of hydrogen-bond acceptors (Lipinski definition) is 6. The molecule has 104 valence electrons. The fraction of sp³-hybridized carbons (Fsp3) is 0.455. The molecule has 19 heavy (non-hydrogen) atoms. The molecule has 2 rings (SSSR count). The SMILES string of the molecule is NNc1cc(C(=O)NCC2CCS(=O)(=O)C2)ccn1. The smallest absolute Gasteiger partial charge is 0.251 e. The Balaban J connectivity index is 1.91. The molecule has 1 saturated heterocycles. The van der Waals surface area contributed by atoms with Crippen molar-refractivity contribution >= 4 is 21.6 Å². The van der Waals surface area contributed by atoms with E-state index >= 15 is 0 Å². The van der Waals surface area contributed by atoms with Gasteiger partial charge in [0, 0.05) is 18.3 Å². The van der Waals surface area contributed by atoms with Crippen molar-refractivity contribution in [3.05, 3.63) is 23.9 Å². The summed E-state index contributed by atoms with van der Waals surface area (Å²) in [7, 11) is -2.91. The molecule has 1 aliphatic heterocycles. The second kappa shape index (κ2) is 5.54. The molecule has 1 aromatic heterocycles. The number of hydrazine groups is 1. The number of nitrogen functional groups attached to an aromatic ring is 1. The summed E-state index contributed by atoms with van der Waals surface area (Å²) in [4.78, 5) is 15.8. The second-order valence-corrected chi connectivity index (χ2v) is 6.78. The van der Waals surface area contributed by atoms with Crippen LogP contribution in [-0.2, 0) is 9.84 Å². The van der Waals surface area contributed by atoms with Crippen LogP contribution in [0.4, 0.5) is 5.82 Å². The van der Waals surface area contributed by atoms with E-state index in [1.54, 1.807) is 6.07 Å². The number of anilines is 1. The quantitative estimate of drug-likeness (QED) is 0.509. The minimum Gasteiger partial charge on any atom is -0.352 e. The lowest BCUT2D eigenvalue weighted by Crippen LogP contribution is -2.30. The van der Waals surface area contributed by atoms with Gasteiger partial charge in [-0.2, -0.15) is 0 Å². The first kappa shape index (κ1) is 13.8. The number of amides is 1. The van der Waals surface area contributed by atoms with Gasteiger partial charge >= 0.3 is 0 Å². The maximum absolute atomic E-state index is 11.9. The van der Waals surface area contributed by atoms with Crippen LogP contribution < -0.4 is 16.6 Å². The Hall–Kier alpha value is -1.67. The van der Waals surface area contributed by atoms with Crippen molar-refractivity contribution in [2.45, 2.75) is 6.42 Å². The molecule has 0 radical (unpaired) electrons. The van der Waals surface area contributed by atoms with Crippen molar-refractivity contribution < 1.29 is 13.2 Å². The zero-order valence-corrected chi connectivity index (χ0v) is 11.1. The van der Waals surface area contributed by atoms with Crippen molar-refractivity contribution in [1.29, 1.82) is 0 Å². The summed E-state index contributed by atoms with van der Waals surface area (Å²) in [6.07, 6.45) is 2.08. The maximum atomic E-state index is 11.9. The number of pyridine rings is 1. The molecule has 1 aromatic rings. The van der Waals surface area contributed by atoms with Gasteiger partial charge < -0.3 is 10.7 Å². The van der Waals surface area contributed by atoms with E-state index in [9.17, 15) is 13.2 Å². The van der Waals surface area contributed by atoms with Crippen molar-refractivity contribution in [2.24, 2.45) is 11.8 Å². The molecule has 0 aromatic carbocycles. The van der Waals surface area contributed by atoms with Gasteiger partial charge in [0.1, 0.15) is 5.82 Å². The van der Waals surface area contributed by atoms with Crippen LogP contribution in [0.2, 0.25) is 0 Å². The van der Waals surface area contributed by atoms with Crippen LogP contribution in [0.3, 0.4) is 0 Å². The number of carbonyl (C=O) groups is 1. The fourth-order valence-corrected chi connectivity index (χ4v) is 3.88. The van der Waals surface area contributed by atoms with Crippen molar-refractivity contribution in [3.8, 4) is 0 Å². The molecule has 1 unspecified atom stereocenters. The number of nitrogens with two attached hydrogens (primary N) is 1. The van der Waals surface area contributed by atoms with Gasteiger partial charge in [-0.1, -0.05) is 0 Å². The number of nitrogens with zero attached hydrogens (tertiary/aromatic N) is 1. The highest BCUT2D eigenvalue weighted by Gasteiger charge is 2.27. The Kier molecular flexibility index (Phi) is 4.01. The lowest BCUT2D eigenvalue weighted by molar-refractivity contribution is 0.0948.